The lowest BCUT2D eigenvalue weighted by Gasteiger charge is -2.25. The summed E-state index contributed by atoms with van der Waals surface area (Å²) in [7, 11) is 1.85. The average molecular weight is 215 g/mol. The lowest BCUT2D eigenvalue weighted by Crippen LogP contribution is -2.43. The first-order valence-corrected chi connectivity index (χ1v) is 5.12. The van der Waals surface area contributed by atoms with Gasteiger partial charge in [-0.1, -0.05) is 13.8 Å². The molecule has 0 aromatic rings. The van der Waals surface area contributed by atoms with E-state index in [1.807, 2.05) is 17.3 Å². The van der Waals surface area contributed by atoms with E-state index in [4.69, 9.17) is 5.73 Å². The van der Waals surface area contributed by atoms with Crippen LogP contribution in [0.3, 0.4) is 0 Å². The molecule has 0 saturated carbocycles. The topological polar surface area (TPSA) is 75.4 Å². The molecule has 0 aliphatic rings. The molecule has 88 valence electrons. The van der Waals surface area contributed by atoms with Crippen LogP contribution >= 0.6 is 0 Å². The van der Waals surface area contributed by atoms with Gasteiger partial charge in [-0.3, -0.25) is 15.0 Å². The number of amides is 3. The third kappa shape index (κ3) is 6.90. The Kier molecular flexibility index (Phi) is 5.93. The zero-order chi connectivity index (χ0) is 12.0. The molecule has 0 saturated heterocycles. The number of carbonyl (C=O) groups is 2. The molecule has 0 aromatic carbocycles. The molecule has 0 aromatic heterocycles. The fourth-order valence-electron chi connectivity index (χ4n) is 1.42. The van der Waals surface area contributed by atoms with Crippen molar-refractivity contribution in [3.8, 4) is 0 Å². The lowest BCUT2D eigenvalue weighted by atomic mass is 10.0. The highest BCUT2D eigenvalue weighted by atomic mass is 16.2. The van der Waals surface area contributed by atoms with Crippen LogP contribution in [0, 0.1) is 5.92 Å². The SMILES string of the molecule is CC(C)C[C@@H](C)N(C)CC(=O)NC(N)=O. The number of nitrogens with one attached hydrogen (secondary N) is 1. The second kappa shape index (κ2) is 6.40. The van der Waals surface area contributed by atoms with Crippen molar-refractivity contribution in [3.05, 3.63) is 0 Å². The molecule has 5 nitrogen and oxygen atoms in total. The number of hydrogen-bond acceptors (Lipinski definition) is 3. The van der Waals surface area contributed by atoms with Crippen LogP contribution in [0.2, 0.25) is 0 Å². The number of likely N-dealkylation sites (N-methyl/N-ethyl adjacent to an activating group) is 1. The Hall–Kier alpha value is -1.10. The minimum atomic E-state index is -0.801. The molecule has 0 aliphatic carbocycles. The number of primary amides is 1. The maximum Gasteiger partial charge on any atom is 0.318 e. The second-order valence-corrected chi connectivity index (χ2v) is 4.31. The van der Waals surface area contributed by atoms with Crippen molar-refractivity contribution in [1.82, 2.24) is 10.2 Å². The Morgan fingerprint density at radius 2 is 1.87 bits per heavy atom. The molecular weight excluding hydrogens is 194 g/mol. The first-order chi connectivity index (χ1) is 6.82. The first-order valence-electron chi connectivity index (χ1n) is 5.12. The van der Waals surface area contributed by atoms with Gasteiger partial charge in [0, 0.05) is 6.04 Å². The van der Waals surface area contributed by atoms with Crippen molar-refractivity contribution in [2.75, 3.05) is 13.6 Å². The monoisotopic (exact) mass is 215 g/mol. The molecule has 1 atom stereocenters. The molecule has 5 heteroatoms. The van der Waals surface area contributed by atoms with Crippen molar-refractivity contribution >= 4 is 11.9 Å². The Labute approximate surface area is 91.0 Å². The van der Waals surface area contributed by atoms with E-state index in [2.05, 4.69) is 20.8 Å². The third-order valence-electron chi connectivity index (χ3n) is 2.22. The summed E-state index contributed by atoms with van der Waals surface area (Å²) >= 11 is 0. The van der Waals surface area contributed by atoms with Gasteiger partial charge in [0.25, 0.3) is 0 Å². The summed E-state index contributed by atoms with van der Waals surface area (Å²) in [5.41, 5.74) is 4.84. The van der Waals surface area contributed by atoms with Crippen LogP contribution < -0.4 is 11.1 Å². The van der Waals surface area contributed by atoms with Gasteiger partial charge < -0.3 is 5.73 Å². The minimum absolute atomic E-state index is 0.191. The molecule has 0 spiro atoms. The number of rotatable bonds is 5. The van der Waals surface area contributed by atoms with E-state index in [-0.39, 0.29) is 12.5 Å². The molecule has 0 heterocycles. The summed E-state index contributed by atoms with van der Waals surface area (Å²) in [6.45, 7) is 6.51. The maximum atomic E-state index is 11.2. The summed E-state index contributed by atoms with van der Waals surface area (Å²) in [5, 5.41) is 2.04. The number of carbonyl (C=O) groups excluding carboxylic acids is 2. The maximum absolute atomic E-state index is 11.2. The van der Waals surface area contributed by atoms with E-state index in [1.165, 1.54) is 0 Å². The van der Waals surface area contributed by atoms with Crippen molar-refractivity contribution in [2.45, 2.75) is 33.2 Å². The Bertz CT molecular complexity index is 229. The molecule has 3 amide bonds. The molecule has 0 radical (unpaired) electrons. The van der Waals surface area contributed by atoms with Crippen LogP contribution in [0.4, 0.5) is 4.79 Å². The van der Waals surface area contributed by atoms with Crippen molar-refractivity contribution in [3.63, 3.8) is 0 Å². The van der Waals surface area contributed by atoms with Gasteiger partial charge in [-0.05, 0) is 26.3 Å². The summed E-state index contributed by atoms with van der Waals surface area (Å²) in [4.78, 5) is 23.5. The molecular formula is C10H21N3O2. The first kappa shape index (κ1) is 13.9. The zero-order valence-electron chi connectivity index (χ0n) is 9.91. The van der Waals surface area contributed by atoms with E-state index in [1.54, 1.807) is 0 Å². The molecule has 0 bridgehead atoms. The van der Waals surface area contributed by atoms with Gasteiger partial charge in [-0.2, -0.15) is 0 Å². The number of hydrogen-bond donors (Lipinski definition) is 2. The van der Waals surface area contributed by atoms with Crippen molar-refractivity contribution in [1.29, 1.82) is 0 Å². The molecule has 0 rings (SSSR count). The Balaban J connectivity index is 3.95. The number of urea groups is 1. The van der Waals surface area contributed by atoms with Gasteiger partial charge in [0.2, 0.25) is 5.91 Å². The number of nitrogens with zero attached hydrogens (tertiary/aromatic N) is 1. The predicted octanol–water partition coefficient (Wildman–Crippen LogP) is 0.548. The van der Waals surface area contributed by atoms with E-state index in [0.717, 1.165) is 6.42 Å². The zero-order valence-corrected chi connectivity index (χ0v) is 9.91. The highest BCUT2D eigenvalue weighted by Gasteiger charge is 2.14. The number of nitrogens with two attached hydrogens (primary N) is 1. The van der Waals surface area contributed by atoms with Crippen LogP contribution in [0.25, 0.3) is 0 Å². The normalized spacial score (nSPS) is 12.9. The van der Waals surface area contributed by atoms with Crippen LogP contribution in [0.15, 0.2) is 0 Å². The third-order valence-corrected chi connectivity index (χ3v) is 2.22. The standard InChI is InChI=1S/C10H21N3O2/c1-7(2)5-8(3)13(4)6-9(14)12-10(11)15/h7-8H,5-6H2,1-4H3,(H3,11,12,14,15)/t8-/m1/s1. The fourth-order valence-corrected chi connectivity index (χ4v) is 1.42. The van der Waals surface area contributed by atoms with Crippen LogP contribution in [0.1, 0.15) is 27.2 Å². The summed E-state index contributed by atoms with van der Waals surface area (Å²) in [5.74, 6) is 0.224. The molecule has 0 aliphatic heterocycles. The number of imide groups is 1. The Morgan fingerprint density at radius 3 is 2.27 bits per heavy atom. The van der Waals surface area contributed by atoms with Crippen LogP contribution in [0.5, 0.6) is 0 Å². The average Bonchev–Trinajstić information content (AvgIpc) is 2.00. The molecule has 3 N–H and O–H groups in total. The van der Waals surface area contributed by atoms with Gasteiger partial charge in [0.15, 0.2) is 0 Å². The molecule has 0 unspecified atom stereocenters. The Morgan fingerprint density at radius 1 is 1.33 bits per heavy atom. The predicted molar refractivity (Wildman–Crippen MR) is 59.3 cm³/mol. The van der Waals surface area contributed by atoms with E-state index < -0.39 is 6.03 Å². The van der Waals surface area contributed by atoms with Gasteiger partial charge >= 0.3 is 6.03 Å². The summed E-state index contributed by atoms with van der Waals surface area (Å²) < 4.78 is 0. The van der Waals surface area contributed by atoms with Gasteiger partial charge in [-0.15, -0.1) is 0 Å². The van der Waals surface area contributed by atoms with Crippen molar-refractivity contribution in [2.24, 2.45) is 11.7 Å². The van der Waals surface area contributed by atoms with Gasteiger partial charge in [0.05, 0.1) is 6.54 Å². The van der Waals surface area contributed by atoms with Crippen LogP contribution in [-0.2, 0) is 4.79 Å². The lowest BCUT2D eigenvalue weighted by molar-refractivity contribution is -0.121. The van der Waals surface area contributed by atoms with Crippen LogP contribution in [-0.4, -0.2) is 36.5 Å². The second-order valence-electron chi connectivity index (χ2n) is 4.31. The van der Waals surface area contributed by atoms with Gasteiger partial charge in [-0.25, -0.2) is 4.79 Å². The minimum Gasteiger partial charge on any atom is -0.351 e. The van der Waals surface area contributed by atoms with E-state index in [0.29, 0.717) is 12.0 Å². The highest BCUT2D eigenvalue weighted by Crippen LogP contribution is 2.08. The van der Waals surface area contributed by atoms with Gasteiger partial charge in [0.1, 0.15) is 0 Å². The fraction of sp³-hybridized carbons (Fsp3) is 0.800. The largest absolute Gasteiger partial charge is 0.351 e. The summed E-state index contributed by atoms with van der Waals surface area (Å²) in [6, 6.07) is -0.492. The van der Waals surface area contributed by atoms with E-state index >= 15 is 0 Å². The quantitative estimate of drug-likeness (QED) is 0.703. The molecule has 15 heavy (non-hydrogen) atoms. The van der Waals surface area contributed by atoms with Crippen molar-refractivity contribution < 1.29 is 9.59 Å². The smallest absolute Gasteiger partial charge is 0.318 e. The summed E-state index contributed by atoms with van der Waals surface area (Å²) in [6.07, 6.45) is 1.01. The van der Waals surface area contributed by atoms with E-state index in [9.17, 15) is 9.59 Å². The highest BCUT2D eigenvalue weighted by molar-refractivity contribution is 5.94. The molecule has 0 fully saturated rings.